The lowest BCUT2D eigenvalue weighted by molar-refractivity contribution is -0.393. The fourth-order valence-electron chi connectivity index (χ4n) is 2.98. The van der Waals surface area contributed by atoms with Crippen LogP contribution in [-0.2, 0) is 9.53 Å². The number of carbonyl (C=O) groups excluding carboxylic acids is 1. The molecule has 33 heavy (non-hydrogen) atoms. The molecule has 1 heterocycles. The number of hydrogen-bond acceptors (Lipinski definition) is 10. The summed E-state index contributed by atoms with van der Waals surface area (Å²) in [5.41, 5.74) is 2.21. The monoisotopic (exact) mass is 459 g/mol. The van der Waals surface area contributed by atoms with Crippen LogP contribution in [0.4, 0.5) is 17.1 Å². The molecule has 1 aliphatic heterocycles. The summed E-state index contributed by atoms with van der Waals surface area (Å²) in [6, 6.07) is 8.08. The van der Waals surface area contributed by atoms with E-state index in [2.05, 4.69) is 10.5 Å². The van der Waals surface area contributed by atoms with Gasteiger partial charge in [0.05, 0.1) is 42.5 Å². The summed E-state index contributed by atoms with van der Waals surface area (Å²) in [7, 11) is 1.45. The van der Waals surface area contributed by atoms with Crippen molar-refractivity contribution < 1.29 is 28.9 Å². The van der Waals surface area contributed by atoms with E-state index in [1.54, 1.807) is 23.1 Å². The van der Waals surface area contributed by atoms with Crippen molar-refractivity contribution in [1.29, 1.82) is 0 Å². The van der Waals surface area contributed by atoms with Crippen LogP contribution in [0.1, 0.15) is 5.56 Å². The molecule has 1 aliphatic rings. The van der Waals surface area contributed by atoms with Gasteiger partial charge < -0.3 is 19.1 Å². The van der Waals surface area contributed by atoms with Crippen molar-refractivity contribution >= 4 is 29.2 Å². The fraction of sp³-hybridized carbons (Fsp3) is 0.300. The van der Waals surface area contributed by atoms with Gasteiger partial charge in [0.2, 0.25) is 0 Å². The number of amides is 1. The number of methoxy groups -OCH3 is 1. The molecule has 0 radical (unpaired) electrons. The molecular weight excluding hydrogens is 438 g/mol. The van der Waals surface area contributed by atoms with Gasteiger partial charge in [-0.2, -0.15) is 5.10 Å². The zero-order valence-corrected chi connectivity index (χ0v) is 17.6. The smallest absolute Gasteiger partial charge is 0.301 e. The molecule has 0 aromatic heterocycles. The molecule has 174 valence electrons. The number of ether oxygens (including phenoxy) is 3. The van der Waals surface area contributed by atoms with Crippen LogP contribution in [0, 0.1) is 20.2 Å². The van der Waals surface area contributed by atoms with Crippen LogP contribution in [0.5, 0.6) is 11.5 Å². The Kier molecular flexibility index (Phi) is 7.70. The molecule has 0 unspecified atom stereocenters. The minimum absolute atomic E-state index is 0.00427. The minimum Gasteiger partial charge on any atom is -0.493 e. The van der Waals surface area contributed by atoms with Crippen molar-refractivity contribution in [2.45, 2.75) is 0 Å². The number of non-ortho nitro benzene ring substituents is 1. The first kappa shape index (κ1) is 23.4. The lowest BCUT2D eigenvalue weighted by atomic mass is 10.2. The van der Waals surface area contributed by atoms with Gasteiger partial charge in [0.15, 0.2) is 18.1 Å². The Morgan fingerprint density at radius 1 is 1.15 bits per heavy atom. The van der Waals surface area contributed by atoms with E-state index in [9.17, 15) is 25.0 Å². The van der Waals surface area contributed by atoms with Crippen LogP contribution in [-0.4, -0.2) is 66.9 Å². The number of anilines is 1. The van der Waals surface area contributed by atoms with Crippen molar-refractivity contribution in [3.05, 3.63) is 62.2 Å². The third kappa shape index (κ3) is 6.13. The van der Waals surface area contributed by atoms with E-state index in [-0.39, 0.29) is 18.2 Å². The molecule has 1 amide bonds. The predicted octanol–water partition coefficient (Wildman–Crippen LogP) is 2.20. The lowest BCUT2D eigenvalue weighted by Crippen LogP contribution is -2.43. The maximum absolute atomic E-state index is 12.2. The maximum atomic E-state index is 12.2. The van der Waals surface area contributed by atoms with Gasteiger partial charge in [-0.15, -0.1) is 0 Å². The molecule has 13 nitrogen and oxygen atoms in total. The summed E-state index contributed by atoms with van der Waals surface area (Å²) >= 11 is 0. The van der Waals surface area contributed by atoms with Gasteiger partial charge in [0.25, 0.3) is 11.6 Å². The van der Waals surface area contributed by atoms with Crippen LogP contribution in [0.3, 0.4) is 0 Å². The van der Waals surface area contributed by atoms with E-state index >= 15 is 0 Å². The molecule has 2 aromatic rings. The molecule has 0 saturated carbocycles. The summed E-state index contributed by atoms with van der Waals surface area (Å²) in [4.78, 5) is 34.5. The fourth-order valence-corrected chi connectivity index (χ4v) is 2.98. The average Bonchev–Trinajstić information content (AvgIpc) is 2.83. The summed E-state index contributed by atoms with van der Waals surface area (Å²) in [5.74, 6) is 0.588. The molecule has 2 aromatic carbocycles. The summed E-state index contributed by atoms with van der Waals surface area (Å²) in [5, 5.41) is 26.0. The number of morpholine rings is 1. The van der Waals surface area contributed by atoms with Gasteiger partial charge in [-0.3, -0.25) is 30.4 Å². The van der Waals surface area contributed by atoms with Gasteiger partial charge >= 0.3 is 5.69 Å². The first-order chi connectivity index (χ1) is 15.9. The second kappa shape index (κ2) is 10.9. The second-order valence-corrected chi connectivity index (χ2v) is 6.78. The highest BCUT2D eigenvalue weighted by Crippen LogP contribution is 2.30. The summed E-state index contributed by atoms with van der Waals surface area (Å²) < 4.78 is 16.1. The second-order valence-electron chi connectivity index (χ2n) is 6.78. The number of nitrogens with one attached hydrogen (secondary N) is 1. The molecule has 3 rings (SSSR count). The number of carbonyl (C=O) groups is 1. The molecule has 0 aliphatic carbocycles. The van der Waals surface area contributed by atoms with Crippen molar-refractivity contribution in [3.63, 3.8) is 0 Å². The Hall–Kier alpha value is -4.26. The minimum atomic E-state index is -0.738. The number of nitro benzene ring substituents is 2. The van der Waals surface area contributed by atoms with Gasteiger partial charge in [0.1, 0.15) is 5.69 Å². The van der Waals surface area contributed by atoms with Crippen LogP contribution in [0.15, 0.2) is 41.5 Å². The van der Waals surface area contributed by atoms with Crippen molar-refractivity contribution in [2.24, 2.45) is 5.10 Å². The third-order valence-corrected chi connectivity index (χ3v) is 4.69. The van der Waals surface area contributed by atoms with Gasteiger partial charge in [0, 0.05) is 19.2 Å². The zero-order valence-electron chi connectivity index (χ0n) is 17.6. The van der Waals surface area contributed by atoms with E-state index in [0.717, 1.165) is 12.1 Å². The Morgan fingerprint density at radius 3 is 2.58 bits per heavy atom. The summed E-state index contributed by atoms with van der Waals surface area (Å²) in [6.07, 6.45) is 1.39. The maximum Gasteiger partial charge on any atom is 0.301 e. The molecule has 0 bridgehead atoms. The van der Waals surface area contributed by atoms with Gasteiger partial charge in [-0.25, -0.2) is 0 Å². The van der Waals surface area contributed by atoms with E-state index < -0.39 is 21.2 Å². The first-order valence-electron chi connectivity index (χ1n) is 9.77. The standard InChI is InChI=1S/C20H21N5O8/c1-31-19-10-14(2-5-18(19)33-13-20(26)23-6-8-32-9-7-23)12-21-22-16-4-3-15(24(27)28)11-17(16)25(29)30/h2-5,10-12,22H,6-9,13H2,1H3/b21-12+. The molecule has 0 atom stereocenters. The van der Waals surface area contributed by atoms with E-state index in [1.807, 2.05) is 0 Å². The Labute approximate surface area is 187 Å². The number of nitro groups is 2. The van der Waals surface area contributed by atoms with Gasteiger partial charge in [-0.1, -0.05) is 0 Å². The third-order valence-electron chi connectivity index (χ3n) is 4.69. The highest BCUT2D eigenvalue weighted by molar-refractivity contribution is 5.82. The topological polar surface area (TPSA) is 159 Å². The predicted molar refractivity (Wildman–Crippen MR) is 117 cm³/mol. The normalized spacial score (nSPS) is 13.5. The number of nitrogens with zero attached hydrogens (tertiary/aromatic N) is 4. The van der Waals surface area contributed by atoms with Crippen molar-refractivity contribution in [2.75, 3.05) is 45.4 Å². The lowest BCUT2D eigenvalue weighted by Gasteiger charge is -2.26. The van der Waals surface area contributed by atoms with Crippen molar-refractivity contribution in [3.8, 4) is 11.5 Å². The quantitative estimate of drug-likeness (QED) is 0.337. The molecule has 13 heteroatoms. The highest BCUT2D eigenvalue weighted by Gasteiger charge is 2.20. The van der Waals surface area contributed by atoms with Crippen LogP contribution < -0.4 is 14.9 Å². The Balaban J connectivity index is 1.65. The highest BCUT2D eigenvalue weighted by atomic mass is 16.6. The van der Waals surface area contributed by atoms with Crippen LogP contribution in [0.2, 0.25) is 0 Å². The number of benzene rings is 2. The number of hydrogen-bond donors (Lipinski definition) is 1. The molecule has 1 saturated heterocycles. The number of hydrazone groups is 1. The molecule has 0 spiro atoms. The van der Waals surface area contributed by atoms with E-state index in [1.165, 1.54) is 19.4 Å². The zero-order chi connectivity index (χ0) is 23.8. The number of rotatable bonds is 9. The largest absolute Gasteiger partial charge is 0.493 e. The van der Waals surface area contributed by atoms with E-state index in [0.29, 0.717) is 43.4 Å². The van der Waals surface area contributed by atoms with Crippen LogP contribution >= 0.6 is 0 Å². The first-order valence-corrected chi connectivity index (χ1v) is 9.77. The Morgan fingerprint density at radius 2 is 1.91 bits per heavy atom. The Bertz CT molecular complexity index is 1070. The van der Waals surface area contributed by atoms with E-state index in [4.69, 9.17) is 14.2 Å². The molecule has 1 fully saturated rings. The van der Waals surface area contributed by atoms with Gasteiger partial charge in [-0.05, 0) is 29.8 Å². The molecule has 1 N–H and O–H groups in total. The van der Waals surface area contributed by atoms with Crippen LogP contribution in [0.25, 0.3) is 0 Å². The average molecular weight is 459 g/mol. The SMILES string of the molecule is COc1cc(/C=N/Nc2ccc([N+](=O)[O-])cc2[N+](=O)[O-])ccc1OCC(=O)N1CCOCC1. The summed E-state index contributed by atoms with van der Waals surface area (Å²) in [6.45, 7) is 1.90. The molecular formula is C20H21N5O8. The van der Waals surface area contributed by atoms with Crippen molar-refractivity contribution in [1.82, 2.24) is 4.90 Å².